The zero-order valence-electron chi connectivity index (χ0n) is 14.5. The van der Waals surface area contributed by atoms with Crippen molar-refractivity contribution in [2.45, 2.75) is 12.3 Å². The van der Waals surface area contributed by atoms with Gasteiger partial charge in [-0.15, -0.1) is 0 Å². The zero-order chi connectivity index (χ0) is 18.8. The topological polar surface area (TPSA) is 94.1 Å². The number of anilines is 1. The monoisotopic (exact) mass is 369 g/mol. The molecule has 0 radical (unpaired) electrons. The van der Waals surface area contributed by atoms with Gasteiger partial charge in [0.05, 0.1) is 0 Å². The molecule has 2 unspecified atom stereocenters. The van der Waals surface area contributed by atoms with Gasteiger partial charge >= 0.3 is 5.97 Å². The first kappa shape index (κ1) is 17.2. The lowest BCUT2D eigenvalue weighted by molar-refractivity contribution is -0.139. The first-order chi connectivity index (χ1) is 13.1. The molecule has 2 aromatic carbocycles. The highest BCUT2D eigenvalue weighted by Crippen LogP contribution is 2.49. The number of carboxylic acids is 1. The van der Waals surface area contributed by atoms with Crippen LogP contribution in [0.2, 0.25) is 0 Å². The van der Waals surface area contributed by atoms with E-state index in [1.165, 1.54) is 0 Å². The number of carboxylic acid groups (broad SMARTS) is 1. The van der Waals surface area contributed by atoms with Gasteiger partial charge < -0.3 is 24.6 Å². The summed E-state index contributed by atoms with van der Waals surface area (Å²) in [7, 11) is 0. The third kappa shape index (κ3) is 3.97. The van der Waals surface area contributed by atoms with E-state index in [0.717, 1.165) is 23.5 Å². The highest BCUT2D eigenvalue weighted by atomic mass is 16.6. The van der Waals surface area contributed by atoms with Crippen molar-refractivity contribution in [1.82, 2.24) is 0 Å². The molecule has 140 valence electrons. The number of hydrogen-bond donors (Lipinski definition) is 2. The lowest BCUT2D eigenvalue weighted by Crippen LogP contribution is -2.16. The second-order valence-corrected chi connectivity index (χ2v) is 6.55. The van der Waals surface area contributed by atoms with Gasteiger partial charge in [0.15, 0.2) is 18.1 Å². The standard InChI is InChI=1S/C20H19NO6/c22-19(23)11-27-14-4-2-13(3-5-14)21-20(24)16-10-15(16)12-1-6-17-18(9-12)26-8-7-25-17/h1-6,9,15-16H,7-8,10-11H2,(H,21,24)(H,22,23). The molecule has 1 aliphatic heterocycles. The minimum Gasteiger partial charge on any atom is -0.486 e. The fraction of sp³-hybridized carbons (Fsp3) is 0.300. The van der Waals surface area contributed by atoms with Crippen molar-refractivity contribution in [2.75, 3.05) is 25.1 Å². The smallest absolute Gasteiger partial charge is 0.341 e. The van der Waals surface area contributed by atoms with Gasteiger partial charge in [-0.25, -0.2) is 4.79 Å². The molecule has 1 fully saturated rings. The number of hydrogen-bond acceptors (Lipinski definition) is 5. The molecule has 2 atom stereocenters. The molecule has 1 heterocycles. The summed E-state index contributed by atoms with van der Waals surface area (Å²) in [5, 5.41) is 11.5. The average molecular weight is 369 g/mol. The molecule has 7 heteroatoms. The van der Waals surface area contributed by atoms with Crippen LogP contribution in [0.1, 0.15) is 17.9 Å². The Labute approximate surface area is 155 Å². The number of nitrogens with one attached hydrogen (secondary N) is 1. The summed E-state index contributed by atoms with van der Waals surface area (Å²) in [6.07, 6.45) is 0.797. The first-order valence-electron chi connectivity index (χ1n) is 8.75. The molecule has 7 nitrogen and oxygen atoms in total. The Balaban J connectivity index is 1.34. The average Bonchev–Trinajstić information content (AvgIpc) is 3.48. The van der Waals surface area contributed by atoms with E-state index in [1.807, 2.05) is 18.2 Å². The van der Waals surface area contributed by atoms with Gasteiger partial charge in [-0.1, -0.05) is 6.07 Å². The van der Waals surface area contributed by atoms with E-state index >= 15 is 0 Å². The lowest BCUT2D eigenvalue weighted by atomic mass is 10.1. The lowest BCUT2D eigenvalue weighted by Gasteiger charge is -2.18. The van der Waals surface area contributed by atoms with E-state index in [2.05, 4.69) is 5.32 Å². The van der Waals surface area contributed by atoms with Gasteiger partial charge in [0.1, 0.15) is 19.0 Å². The van der Waals surface area contributed by atoms with Crippen LogP contribution in [0, 0.1) is 5.92 Å². The second kappa shape index (κ2) is 7.19. The maximum atomic E-state index is 12.5. The summed E-state index contributed by atoms with van der Waals surface area (Å²) in [5.74, 6) is 0.962. The third-order valence-corrected chi connectivity index (χ3v) is 4.61. The van der Waals surface area contributed by atoms with Crippen LogP contribution >= 0.6 is 0 Å². The van der Waals surface area contributed by atoms with Crippen molar-refractivity contribution < 1.29 is 28.9 Å². The summed E-state index contributed by atoms with van der Waals surface area (Å²) in [6, 6.07) is 12.5. The van der Waals surface area contributed by atoms with Crippen molar-refractivity contribution >= 4 is 17.6 Å². The van der Waals surface area contributed by atoms with E-state index < -0.39 is 12.6 Å². The quantitative estimate of drug-likeness (QED) is 0.813. The number of rotatable bonds is 6. The second-order valence-electron chi connectivity index (χ2n) is 6.55. The summed E-state index contributed by atoms with van der Waals surface area (Å²) in [5.41, 5.74) is 1.73. The van der Waals surface area contributed by atoms with Crippen molar-refractivity contribution in [3.63, 3.8) is 0 Å². The molecule has 4 rings (SSSR count). The van der Waals surface area contributed by atoms with E-state index in [0.29, 0.717) is 24.7 Å². The van der Waals surface area contributed by atoms with Crippen LogP contribution < -0.4 is 19.5 Å². The number of carbonyl (C=O) groups is 2. The Bertz CT molecular complexity index is 863. The number of benzene rings is 2. The number of ether oxygens (including phenoxy) is 3. The van der Waals surface area contributed by atoms with Gasteiger partial charge in [0.2, 0.25) is 5.91 Å². The van der Waals surface area contributed by atoms with E-state index in [9.17, 15) is 9.59 Å². The van der Waals surface area contributed by atoms with Crippen LogP contribution in [0.15, 0.2) is 42.5 Å². The predicted molar refractivity (Wildman–Crippen MR) is 96.5 cm³/mol. The van der Waals surface area contributed by atoms with Gasteiger partial charge in [-0.2, -0.15) is 0 Å². The summed E-state index contributed by atoms with van der Waals surface area (Å²) in [4.78, 5) is 23.0. The van der Waals surface area contributed by atoms with E-state index in [1.54, 1.807) is 24.3 Å². The van der Waals surface area contributed by atoms with Crippen LogP contribution in [0.25, 0.3) is 0 Å². The molecule has 0 spiro atoms. The zero-order valence-corrected chi connectivity index (χ0v) is 14.5. The summed E-state index contributed by atoms with van der Waals surface area (Å²) >= 11 is 0. The molecule has 2 aromatic rings. The molecule has 2 aliphatic rings. The minimum absolute atomic E-state index is 0.0332. The number of fused-ring (bicyclic) bond motifs is 1. The molecular formula is C20H19NO6. The van der Waals surface area contributed by atoms with E-state index in [4.69, 9.17) is 19.3 Å². The predicted octanol–water partition coefficient (Wildman–Crippen LogP) is 2.66. The van der Waals surface area contributed by atoms with Crippen molar-refractivity contribution in [2.24, 2.45) is 5.92 Å². The Hall–Kier alpha value is -3.22. The van der Waals surface area contributed by atoms with Crippen LogP contribution in [-0.4, -0.2) is 36.8 Å². The number of aliphatic carboxylic acids is 1. The van der Waals surface area contributed by atoms with Gasteiger partial charge in [-0.05, 0) is 54.3 Å². The van der Waals surface area contributed by atoms with Crippen molar-refractivity contribution in [3.05, 3.63) is 48.0 Å². The minimum atomic E-state index is -1.04. The van der Waals surface area contributed by atoms with Gasteiger partial charge in [0.25, 0.3) is 0 Å². The van der Waals surface area contributed by atoms with Gasteiger partial charge in [-0.3, -0.25) is 4.79 Å². The molecule has 0 bridgehead atoms. The SMILES string of the molecule is O=C(O)COc1ccc(NC(=O)C2CC2c2ccc3c(c2)OCCO3)cc1. The Kier molecular flexibility index (Phi) is 4.58. The van der Waals surface area contributed by atoms with Crippen LogP contribution in [0.3, 0.4) is 0 Å². The molecule has 1 saturated carbocycles. The van der Waals surface area contributed by atoms with Crippen LogP contribution in [0.5, 0.6) is 17.2 Å². The van der Waals surface area contributed by atoms with Crippen molar-refractivity contribution in [3.8, 4) is 17.2 Å². The number of amides is 1. The summed E-state index contributed by atoms with van der Waals surface area (Å²) in [6.45, 7) is 0.698. The molecule has 0 saturated heterocycles. The first-order valence-corrected chi connectivity index (χ1v) is 8.75. The third-order valence-electron chi connectivity index (χ3n) is 4.61. The molecule has 0 aromatic heterocycles. The largest absolute Gasteiger partial charge is 0.486 e. The highest BCUT2D eigenvalue weighted by Gasteiger charge is 2.44. The fourth-order valence-corrected chi connectivity index (χ4v) is 3.16. The maximum Gasteiger partial charge on any atom is 0.341 e. The van der Waals surface area contributed by atoms with E-state index in [-0.39, 0.29) is 17.7 Å². The Morgan fingerprint density at radius 3 is 2.56 bits per heavy atom. The Morgan fingerprint density at radius 2 is 1.81 bits per heavy atom. The van der Waals surface area contributed by atoms with Crippen molar-refractivity contribution in [1.29, 1.82) is 0 Å². The molecule has 27 heavy (non-hydrogen) atoms. The Morgan fingerprint density at radius 1 is 1.07 bits per heavy atom. The van der Waals surface area contributed by atoms with Crippen LogP contribution in [-0.2, 0) is 9.59 Å². The molecule has 1 amide bonds. The van der Waals surface area contributed by atoms with Gasteiger partial charge in [0, 0.05) is 11.6 Å². The highest BCUT2D eigenvalue weighted by molar-refractivity contribution is 5.95. The normalized spacial score (nSPS) is 19.9. The maximum absolute atomic E-state index is 12.5. The molecular weight excluding hydrogens is 350 g/mol. The molecule has 2 N–H and O–H groups in total. The van der Waals surface area contributed by atoms with Crippen LogP contribution in [0.4, 0.5) is 5.69 Å². The molecule has 1 aliphatic carbocycles. The summed E-state index contributed by atoms with van der Waals surface area (Å²) < 4.78 is 16.2. The number of carbonyl (C=O) groups excluding carboxylic acids is 1. The fourth-order valence-electron chi connectivity index (χ4n) is 3.16.